The molecule has 3 rings (SSSR count). The van der Waals surface area contributed by atoms with Crippen LogP contribution in [0.25, 0.3) is 11.3 Å². The zero-order valence-electron chi connectivity index (χ0n) is 13.1. The summed E-state index contributed by atoms with van der Waals surface area (Å²) in [5.41, 5.74) is 1.63. The maximum Gasteiger partial charge on any atom is 0.270 e. The molecule has 0 spiro atoms. The van der Waals surface area contributed by atoms with Crippen LogP contribution in [0.5, 0.6) is 5.75 Å². The van der Waals surface area contributed by atoms with Crippen LogP contribution in [0.1, 0.15) is 10.4 Å². The maximum atomic E-state index is 12.3. The van der Waals surface area contributed by atoms with Gasteiger partial charge in [-0.15, -0.1) is 11.3 Å². The van der Waals surface area contributed by atoms with Gasteiger partial charge in [0.25, 0.3) is 11.6 Å². The Balaban J connectivity index is 1.78. The van der Waals surface area contributed by atoms with E-state index in [1.54, 1.807) is 41.8 Å². The quantitative estimate of drug-likeness (QED) is 0.552. The highest BCUT2D eigenvalue weighted by atomic mass is 32.1. The summed E-state index contributed by atoms with van der Waals surface area (Å²) in [5, 5.41) is 15.7. The Morgan fingerprint density at radius 3 is 2.80 bits per heavy atom. The second-order valence-corrected chi connectivity index (χ2v) is 5.89. The van der Waals surface area contributed by atoms with Gasteiger partial charge < -0.3 is 4.74 Å². The van der Waals surface area contributed by atoms with Gasteiger partial charge in [0.1, 0.15) is 5.75 Å². The number of nitro benzene ring substituents is 1. The van der Waals surface area contributed by atoms with Gasteiger partial charge in [0.15, 0.2) is 5.13 Å². The van der Waals surface area contributed by atoms with Crippen LogP contribution in [0.15, 0.2) is 53.9 Å². The number of thiazole rings is 1. The number of nitro groups is 1. The highest BCUT2D eigenvalue weighted by Gasteiger charge is 2.12. The van der Waals surface area contributed by atoms with Crippen molar-refractivity contribution < 1.29 is 14.5 Å². The van der Waals surface area contributed by atoms with Crippen LogP contribution < -0.4 is 10.1 Å². The van der Waals surface area contributed by atoms with Crippen molar-refractivity contribution in [2.45, 2.75) is 0 Å². The van der Waals surface area contributed by atoms with Crippen LogP contribution in [0.3, 0.4) is 0 Å². The van der Waals surface area contributed by atoms with Crippen molar-refractivity contribution in [1.82, 2.24) is 4.98 Å². The van der Waals surface area contributed by atoms with Crippen LogP contribution in [0.2, 0.25) is 0 Å². The molecule has 0 saturated carbocycles. The van der Waals surface area contributed by atoms with Crippen molar-refractivity contribution in [2.75, 3.05) is 12.4 Å². The highest BCUT2D eigenvalue weighted by Crippen LogP contribution is 2.27. The number of amides is 1. The molecule has 0 bridgehead atoms. The van der Waals surface area contributed by atoms with Gasteiger partial charge >= 0.3 is 0 Å². The summed E-state index contributed by atoms with van der Waals surface area (Å²) in [7, 11) is 1.53. The van der Waals surface area contributed by atoms with Crippen LogP contribution in [0, 0.1) is 10.1 Å². The van der Waals surface area contributed by atoms with E-state index in [2.05, 4.69) is 10.3 Å². The number of ether oxygens (including phenoxy) is 1. The lowest BCUT2D eigenvalue weighted by atomic mass is 10.1. The highest BCUT2D eigenvalue weighted by molar-refractivity contribution is 7.14. The second kappa shape index (κ2) is 7.10. The lowest BCUT2D eigenvalue weighted by Gasteiger charge is -2.04. The van der Waals surface area contributed by atoms with E-state index in [0.717, 1.165) is 0 Å². The molecule has 0 aliphatic heterocycles. The van der Waals surface area contributed by atoms with Crippen molar-refractivity contribution in [3.63, 3.8) is 0 Å². The number of aromatic nitrogens is 1. The molecule has 0 unspecified atom stereocenters. The largest absolute Gasteiger partial charge is 0.497 e. The third-order valence-electron chi connectivity index (χ3n) is 3.41. The summed E-state index contributed by atoms with van der Waals surface area (Å²) >= 11 is 1.25. The first kappa shape index (κ1) is 16.6. The minimum Gasteiger partial charge on any atom is -0.497 e. The van der Waals surface area contributed by atoms with Gasteiger partial charge in [0, 0.05) is 28.6 Å². The summed E-state index contributed by atoms with van der Waals surface area (Å²) in [4.78, 5) is 27.0. The maximum absolute atomic E-state index is 12.3. The monoisotopic (exact) mass is 355 g/mol. The van der Waals surface area contributed by atoms with Gasteiger partial charge in [-0.2, -0.15) is 0 Å². The van der Waals surface area contributed by atoms with Crippen LogP contribution in [-0.2, 0) is 0 Å². The Bertz CT molecular complexity index is 939. The van der Waals surface area contributed by atoms with Gasteiger partial charge in [-0.05, 0) is 18.2 Å². The fourth-order valence-corrected chi connectivity index (χ4v) is 2.89. The lowest BCUT2D eigenvalue weighted by molar-refractivity contribution is -0.384. The Morgan fingerprint density at radius 2 is 2.04 bits per heavy atom. The van der Waals surface area contributed by atoms with Gasteiger partial charge in [-0.1, -0.05) is 18.2 Å². The molecule has 1 aromatic heterocycles. The van der Waals surface area contributed by atoms with Gasteiger partial charge in [-0.3, -0.25) is 20.2 Å². The number of hydrogen-bond donors (Lipinski definition) is 1. The van der Waals surface area contributed by atoms with Crippen molar-refractivity contribution >= 4 is 28.1 Å². The van der Waals surface area contributed by atoms with E-state index in [0.29, 0.717) is 27.7 Å². The minimum atomic E-state index is -0.457. The average molecular weight is 355 g/mol. The molecular formula is C17H13N3O4S. The first-order valence-corrected chi connectivity index (χ1v) is 8.10. The smallest absolute Gasteiger partial charge is 0.270 e. The van der Waals surface area contributed by atoms with Gasteiger partial charge in [0.05, 0.1) is 17.7 Å². The Hall–Kier alpha value is -3.26. The Kier molecular flexibility index (Phi) is 4.71. The molecule has 8 heteroatoms. The molecule has 0 radical (unpaired) electrons. The molecule has 0 atom stereocenters. The van der Waals surface area contributed by atoms with E-state index in [1.165, 1.54) is 30.6 Å². The molecule has 3 aromatic rings. The summed E-state index contributed by atoms with van der Waals surface area (Å²) in [5.74, 6) is 0.280. The van der Waals surface area contributed by atoms with E-state index in [-0.39, 0.29) is 11.6 Å². The summed E-state index contributed by atoms with van der Waals surface area (Å²) in [6.45, 7) is 0. The number of benzene rings is 2. The molecule has 1 heterocycles. The minimum absolute atomic E-state index is 0.00698. The predicted octanol–water partition coefficient (Wildman–Crippen LogP) is 3.98. The Morgan fingerprint density at radius 1 is 1.24 bits per heavy atom. The molecule has 1 amide bonds. The number of anilines is 1. The first-order chi connectivity index (χ1) is 12.1. The molecule has 0 aliphatic rings. The van der Waals surface area contributed by atoms with Crippen molar-refractivity contribution in [3.8, 4) is 17.0 Å². The molecular weight excluding hydrogens is 342 g/mol. The van der Waals surface area contributed by atoms with E-state index in [4.69, 9.17) is 4.74 Å². The van der Waals surface area contributed by atoms with E-state index >= 15 is 0 Å². The van der Waals surface area contributed by atoms with Crippen molar-refractivity contribution in [2.24, 2.45) is 0 Å². The number of rotatable bonds is 5. The number of non-ortho nitro benzene ring substituents is 1. The lowest BCUT2D eigenvalue weighted by Crippen LogP contribution is -2.11. The van der Waals surface area contributed by atoms with Crippen LogP contribution in [-0.4, -0.2) is 22.9 Å². The van der Waals surface area contributed by atoms with Gasteiger partial charge in [-0.25, -0.2) is 4.98 Å². The fraction of sp³-hybridized carbons (Fsp3) is 0.0588. The SMILES string of the molecule is COc1cccc(C(=O)Nc2nc(-c3cccc([N+](=O)[O-])c3)cs2)c1. The number of carbonyl (C=O) groups excluding carboxylic acids is 1. The molecule has 126 valence electrons. The third kappa shape index (κ3) is 3.81. The van der Waals surface area contributed by atoms with E-state index in [9.17, 15) is 14.9 Å². The summed E-state index contributed by atoms with van der Waals surface area (Å²) in [6.07, 6.45) is 0. The van der Waals surface area contributed by atoms with Crippen molar-refractivity contribution in [1.29, 1.82) is 0 Å². The fourth-order valence-electron chi connectivity index (χ4n) is 2.18. The first-order valence-electron chi connectivity index (χ1n) is 7.22. The topological polar surface area (TPSA) is 94.4 Å². The molecule has 7 nitrogen and oxygen atoms in total. The molecule has 1 N–H and O–H groups in total. The number of hydrogen-bond acceptors (Lipinski definition) is 6. The van der Waals surface area contributed by atoms with Crippen molar-refractivity contribution in [3.05, 3.63) is 69.6 Å². The molecule has 2 aromatic carbocycles. The zero-order chi connectivity index (χ0) is 17.8. The van der Waals surface area contributed by atoms with Gasteiger partial charge in [0.2, 0.25) is 0 Å². The van der Waals surface area contributed by atoms with Crippen LogP contribution >= 0.6 is 11.3 Å². The molecule has 0 aliphatic carbocycles. The summed E-state index contributed by atoms with van der Waals surface area (Å²) in [6, 6.07) is 13.0. The molecule has 25 heavy (non-hydrogen) atoms. The second-order valence-electron chi connectivity index (χ2n) is 5.03. The standard InChI is InChI=1S/C17H13N3O4S/c1-24-14-7-3-5-12(9-14)16(21)19-17-18-15(10-25-17)11-4-2-6-13(8-11)20(22)23/h2-10H,1H3,(H,18,19,21). The zero-order valence-corrected chi connectivity index (χ0v) is 13.9. The Labute approximate surface area is 147 Å². The average Bonchev–Trinajstić information content (AvgIpc) is 3.10. The normalized spacial score (nSPS) is 10.3. The van der Waals surface area contributed by atoms with Crippen LogP contribution in [0.4, 0.5) is 10.8 Å². The number of nitrogens with zero attached hydrogens (tertiary/aromatic N) is 2. The molecule has 0 saturated heterocycles. The number of carbonyl (C=O) groups is 1. The van der Waals surface area contributed by atoms with E-state index in [1.807, 2.05) is 0 Å². The third-order valence-corrected chi connectivity index (χ3v) is 4.17. The number of nitrogens with one attached hydrogen (secondary N) is 1. The van der Waals surface area contributed by atoms with E-state index < -0.39 is 4.92 Å². The summed E-state index contributed by atoms with van der Waals surface area (Å²) < 4.78 is 5.10. The molecule has 0 fully saturated rings. The predicted molar refractivity (Wildman–Crippen MR) is 95.2 cm³/mol. The number of methoxy groups -OCH3 is 1.